The first-order valence-corrected chi connectivity index (χ1v) is 13.0. The summed E-state index contributed by atoms with van der Waals surface area (Å²) >= 11 is 0. The number of hydrogen-bond donors (Lipinski definition) is 2. The van der Waals surface area contributed by atoms with Crippen LogP contribution < -0.4 is 5.32 Å². The van der Waals surface area contributed by atoms with Crippen LogP contribution in [0.1, 0.15) is 49.1 Å². The first kappa shape index (κ1) is 26.9. The highest BCUT2D eigenvalue weighted by molar-refractivity contribution is 5.93. The lowest BCUT2D eigenvalue weighted by atomic mass is 9.76. The number of aromatic amines is 1. The van der Waals surface area contributed by atoms with Crippen molar-refractivity contribution in [1.82, 2.24) is 9.97 Å². The fourth-order valence-corrected chi connectivity index (χ4v) is 5.42. The summed E-state index contributed by atoms with van der Waals surface area (Å²) in [6.07, 6.45) is -3.10. The van der Waals surface area contributed by atoms with Crippen LogP contribution in [0.5, 0.6) is 0 Å². The molecule has 1 saturated carbocycles. The number of anilines is 1. The van der Waals surface area contributed by atoms with Gasteiger partial charge >= 0.3 is 6.18 Å². The SMILES string of the molecule is CCOC1CC(C(=O)Nc2ccc(C(F)(F)F)cc2F)CC(c2ccc(-c3ccc4nc(C)[nH]c4c3)cc2)C1. The summed E-state index contributed by atoms with van der Waals surface area (Å²) in [5, 5.41) is 2.50. The molecule has 1 aromatic heterocycles. The number of alkyl halides is 3. The van der Waals surface area contributed by atoms with Crippen molar-refractivity contribution in [2.45, 2.75) is 51.3 Å². The van der Waals surface area contributed by atoms with Gasteiger partial charge in [0.25, 0.3) is 0 Å². The molecule has 1 aliphatic carbocycles. The third-order valence-electron chi connectivity index (χ3n) is 7.31. The molecule has 3 atom stereocenters. The molecule has 4 aromatic rings. The summed E-state index contributed by atoms with van der Waals surface area (Å²) in [4.78, 5) is 20.8. The van der Waals surface area contributed by atoms with Gasteiger partial charge in [0, 0.05) is 12.5 Å². The minimum Gasteiger partial charge on any atom is -0.378 e. The predicted octanol–water partition coefficient (Wildman–Crippen LogP) is 7.62. The van der Waals surface area contributed by atoms with Gasteiger partial charge < -0.3 is 15.0 Å². The minimum absolute atomic E-state index is 0.0373. The number of carbonyl (C=O) groups is 1. The lowest BCUT2D eigenvalue weighted by Gasteiger charge is -2.34. The largest absolute Gasteiger partial charge is 0.416 e. The van der Waals surface area contributed by atoms with Crippen LogP contribution in [-0.4, -0.2) is 28.6 Å². The van der Waals surface area contributed by atoms with Crippen LogP contribution >= 0.6 is 0 Å². The van der Waals surface area contributed by atoms with Gasteiger partial charge in [-0.3, -0.25) is 4.79 Å². The number of carbonyl (C=O) groups excluding carboxylic acids is 1. The highest BCUT2D eigenvalue weighted by atomic mass is 19.4. The predicted molar refractivity (Wildman–Crippen MR) is 142 cm³/mol. The molecule has 1 heterocycles. The maximum atomic E-state index is 14.4. The van der Waals surface area contributed by atoms with E-state index in [1.165, 1.54) is 0 Å². The molecule has 3 aromatic carbocycles. The lowest BCUT2D eigenvalue weighted by molar-refractivity contribution is -0.137. The molecule has 0 radical (unpaired) electrons. The van der Waals surface area contributed by atoms with Gasteiger partial charge in [0.05, 0.1) is 28.4 Å². The van der Waals surface area contributed by atoms with E-state index in [9.17, 15) is 22.4 Å². The fraction of sp³-hybridized carbons (Fsp3) is 0.333. The number of imidazole rings is 1. The van der Waals surface area contributed by atoms with Crippen LogP contribution in [0.4, 0.5) is 23.2 Å². The zero-order valence-corrected chi connectivity index (χ0v) is 21.6. The topological polar surface area (TPSA) is 67.0 Å². The third-order valence-corrected chi connectivity index (χ3v) is 7.31. The van der Waals surface area contributed by atoms with E-state index in [2.05, 4.69) is 45.6 Å². The van der Waals surface area contributed by atoms with E-state index in [0.717, 1.165) is 52.1 Å². The zero-order valence-electron chi connectivity index (χ0n) is 21.6. The number of fused-ring (bicyclic) bond motifs is 1. The van der Waals surface area contributed by atoms with Crippen molar-refractivity contribution < 1.29 is 27.1 Å². The van der Waals surface area contributed by atoms with Crippen molar-refractivity contribution in [2.75, 3.05) is 11.9 Å². The first-order valence-electron chi connectivity index (χ1n) is 13.0. The molecule has 0 bridgehead atoms. The molecule has 1 amide bonds. The van der Waals surface area contributed by atoms with Gasteiger partial charge in [-0.1, -0.05) is 30.3 Å². The number of benzene rings is 3. The summed E-state index contributed by atoms with van der Waals surface area (Å²) in [7, 11) is 0. The molecule has 1 aliphatic rings. The van der Waals surface area contributed by atoms with E-state index < -0.39 is 29.4 Å². The minimum atomic E-state index is -4.66. The molecular weight excluding hydrogens is 510 g/mol. The van der Waals surface area contributed by atoms with Crippen molar-refractivity contribution in [2.24, 2.45) is 5.92 Å². The van der Waals surface area contributed by atoms with Crippen molar-refractivity contribution in [3.8, 4) is 11.1 Å². The van der Waals surface area contributed by atoms with Gasteiger partial charge in [-0.05, 0) is 86.1 Å². The van der Waals surface area contributed by atoms with Gasteiger partial charge in [0.2, 0.25) is 5.91 Å². The van der Waals surface area contributed by atoms with Crippen LogP contribution in [0, 0.1) is 18.7 Å². The van der Waals surface area contributed by atoms with E-state index in [1.807, 2.05) is 26.0 Å². The average Bonchev–Trinajstić information content (AvgIpc) is 3.28. The van der Waals surface area contributed by atoms with Crippen LogP contribution in [0.15, 0.2) is 60.7 Å². The summed E-state index contributed by atoms with van der Waals surface area (Å²) in [5.41, 5.74) is 3.70. The number of aromatic nitrogens is 2. The van der Waals surface area contributed by atoms with Gasteiger partial charge in [0.1, 0.15) is 11.6 Å². The molecule has 0 aliphatic heterocycles. The Balaban J connectivity index is 1.32. The lowest BCUT2D eigenvalue weighted by Crippen LogP contribution is -2.35. The molecule has 39 heavy (non-hydrogen) atoms. The second-order valence-corrected chi connectivity index (χ2v) is 10.0. The number of hydrogen-bond acceptors (Lipinski definition) is 3. The maximum absolute atomic E-state index is 14.4. The average molecular weight is 540 g/mol. The smallest absolute Gasteiger partial charge is 0.378 e. The molecule has 3 unspecified atom stereocenters. The van der Waals surface area contributed by atoms with E-state index in [-0.39, 0.29) is 17.7 Å². The van der Waals surface area contributed by atoms with E-state index >= 15 is 0 Å². The van der Waals surface area contributed by atoms with E-state index in [4.69, 9.17) is 4.74 Å². The highest BCUT2D eigenvalue weighted by Crippen LogP contribution is 2.39. The Morgan fingerprint density at radius 2 is 1.77 bits per heavy atom. The Kier molecular flexibility index (Phi) is 7.44. The number of nitrogens with one attached hydrogen (secondary N) is 2. The number of halogens is 4. The molecule has 0 spiro atoms. The molecule has 9 heteroatoms. The summed E-state index contributed by atoms with van der Waals surface area (Å²) in [6.45, 7) is 4.30. The quantitative estimate of drug-likeness (QED) is 0.248. The van der Waals surface area contributed by atoms with Crippen LogP contribution in [0.2, 0.25) is 0 Å². The number of ether oxygens (including phenoxy) is 1. The Labute approximate surface area is 223 Å². The fourth-order valence-electron chi connectivity index (χ4n) is 5.42. The van der Waals surface area contributed by atoms with Crippen molar-refractivity contribution in [1.29, 1.82) is 0 Å². The van der Waals surface area contributed by atoms with Crippen LogP contribution in [0.25, 0.3) is 22.2 Å². The van der Waals surface area contributed by atoms with Gasteiger partial charge in [-0.25, -0.2) is 9.37 Å². The van der Waals surface area contributed by atoms with Crippen LogP contribution in [0.3, 0.4) is 0 Å². The molecule has 2 N–H and O–H groups in total. The number of rotatable bonds is 6. The summed E-state index contributed by atoms with van der Waals surface area (Å²) < 4.78 is 58.9. The molecule has 1 fully saturated rings. The maximum Gasteiger partial charge on any atom is 0.416 e. The molecule has 5 nitrogen and oxygen atoms in total. The highest BCUT2D eigenvalue weighted by Gasteiger charge is 2.35. The Bertz CT molecular complexity index is 1480. The monoisotopic (exact) mass is 539 g/mol. The summed E-state index contributed by atoms with van der Waals surface area (Å²) in [6, 6.07) is 16.4. The first-order chi connectivity index (χ1) is 18.6. The second kappa shape index (κ2) is 10.8. The van der Waals surface area contributed by atoms with Crippen molar-refractivity contribution in [3.05, 3.63) is 83.4 Å². The Morgan fingerprint density at radius 3 is 2.46 bits per heavy atom. The zero-order chi connectivity index (χ0) is 27.7. The number of aryl methyl sites for hydroxylation is 1. The van der Waals surface area contributed by atoms with E-state index in [0.29, 0.717) is 25.5 Å². The Morgan fingerprint density at radius 1 is 1.03 bits per heavy atom. The van der Waals surface area contributed by atoms with Gasteiger partial charge in [-0.15, -0.1) is 0 Å². The normalized spacial score (nSPS) is 19.8. The standard InChI is InChI=1S/C30H29F4N3O2/c1-3-39-24-13-21(12-22(14-24)29(38)37-26-11-9-23(16-25(26)31)30(32,33)34)19-6-4-18(5-7-19)20-8-10-27-28(15-20)36-17(2)35-27/h4-11,15-16,21-22,24H,3,12-14H2,1-2H3,(H,35,36)(H,37,38). The van der Waals surface area contributed by atoms with Gasteiger partial charge in [-0.2, -0.15) is 13.2 Å². The van der Waals surface area contributed by atoms with Gasteiger partial charge in [0.15, 0.2) is 0 Å². The number of nitrogens with zero attached hydrogens (tertiary/aromatic N) is 1. The van der Waals surface area contributed by atoms with E-state index in [1.54, 1.807) is 0 Å². The third kappa shape index (κ3) is 5.98. The Hall–Kier alpha value is -3.72. The van der Waals surface area contributed by atoms with Crippen molar-refractivity contribution >= 4 is 22.6 Å². The van der Waals surface area contributed by atoms with Crippen LogP contribution in [-0.2, 0) is 15.7 Å². The molecule has 0 saturated heterocycles. The molecule has 204 valence electrons. The second-order valence-electron chi connectivity index (χ2n) is 10.0. The summed E-state index contributed by atoms with van der Waals surface area (Å²) in [5.74, 6) is -1.13. The molecule has 5 rings (SSSR count). The molecular formula is C30H29F4N3O2. The van der Waals surface area contributed by atoms with Crippen molar-refractivity contribution in [3.63, 3.8) is 0 Å². The number of H-pyrrole nitrogens is 1. The number of amides is 1.